The van der Waals surface area contributed by atoms with Crippen LogP contribution in [0.2, 0.25) is 0 Å². The molecule has 1 saturated heterocycles. The van der Waals surface area contributed by atoms with Gasteiger partial charge in [0.1, 0.15) is 0 Å². The van der Waals surface area contributed by atoms with Gasteiger partial charge in [0.25, 0.3) is 0 Å². The van der Waals surface area contributed by atoms with Gasteiger partial charge in [-0.3, -0.25) is 15.0 Å². The molecule has 0 aliphatic carbocycles. The summed E-state index contributed by atoms with van der Waals surface area (Å²) in [6.45, 7) is 4.94. The van der Waals surface area contributed by atoms with Gasteiger partial charge in [-0.15, -0.1) is 0 Å². The van der Waals surface area contributed by atoms with E-state index < -0.39 is 4.92 Å². The van der Waals surface area contributed by atoms with Crippen molar-refractivity contribution in [2.75, 3.05) is 31.6 Å². The second-order valence-corrected chi connectivity index (χ2v) is 5.69. The van der Waals surface area contributed by atoms with Gasteiger partial charge >= 0.3 is 5.69 Å². The van der Waals surface area contributed by atoms with Crippen LogP contribution >= 0.6 is 0 Å². The zero-order valence-electron chi connectivity index (χ0n) is 13.4. The first-order valence-electron chi connectivity index (χ1n) is 7.93. The molecule has 0 radical (unpaired) electrons. The molecule has 1 N–H and O–H groups in total. The Hall–Kier alpha value is -2.51. The summed E-state index contributed by atoms with van der Waals surface area (Å²) in [6, 6.07) is 11.3. The van der Waals surface area contributed by atoms with E-state index in [0.29, 0.717) is 12.4 Å². The van der Waals surface area contributed by atoms with Crippen molar-refractivity contribution < 1.29 is 9.66 Å². The Bertz CT molecular complexity index is 684. The molecule has 24 heavy (non-hydrogen) atoms. The maximum atomic E-state index is 11.0. The first-order chi connectivity index (χ1) is 11.7. The molecule has 3 rings (SSSR count). The van der Waals surface area contributed by atoms with Crippen molar-refractivity contribution >= 4 is 11.5 Å². The molecular weight excluding hydrogens is 308 g/mol. The molecule has 1 aromatic carbocycles. The normalized spacial score (nSPS) is 15.2. The predicted octanol–water partition coefficient (Wildman–Crippen LogP) is 2.43. The zero-order valence-corrected chi connectivity index (χ0v) is 13.4. The average Bonchev–Trinajstić information content (AvgIpc) is 2.62. The van der Waals surface area contributed by atoms with Gasteiger partial charge in [-0.1, -0.05) is 24.3 Å². The minimum Gasteiger partial charge on any atom is -0.379 e. The summed E-state index contributed by atoms with van der Waals surface area (Å²) in [5.74, 6) is 0.292. The molecule has 126 valence electrons. The number of nitro groups is 1. The van der Waals surface area contributed by atoms with Gasteiger partial charge in [0.2, 0.25) is 5.82 Å². The van der Waals surface area contributed by atoms with Crippen LogP contribution in [0.5, 0.6) is 0 Å². The molecule has 1 fully saturated rings. The quantitative estimate of drug-likeness (QED) is 0.648. The lowest BCUT2D eigenvalue weighted by Gasteiger charge is -2.26. The van der Waals surface area contributed by atoms with E-state index in [1.165, 1.54) is 11.6 Å². The Kier molecular flexibility index (Phi) is 5.35. The number of pyridine rings is 1. The van der Waals surface area contributed by atoms with Crippen LogP contribution in [0, 0.1) is 10.1 Å². The third kappa shape index (κ3) is 4.27. The molecule has 1 aliphatic heterocycles. The summed E-state index contributed by atoms with van der Waals surface area (Å²) in [6.07, 6.45) is 1.54. The van der Waals surface area contributed by atoms with E-state index in [1.54, 1.807) is 12.3 Å². The first-order valence-corrected chi connectivity index (χ1v) is 7.93. The van der Waals surface area contributed by atoms with Crippen LogP contribution in [0.4, 0.5) is 11.5 Å². The van der Waals surface area contributed by atoms with E-state index in [-0.39, 0.29) is 5.69 Å². The molecule has 2 heterocycles. The van der Waals surface area contributed by atoms with E-state index >= 15 is 0 Å². The fraction of sp³-hybridized carbons (Fsp3) is 0.353. The van der Waals surface area contributed by atoms with Gasteiger partial charge in [-0.05, 0) is 17.2 Å². The largest absolute Gasteiger partial charge is 0.379 e. The van der Waals surface area contributed by atoms with Gasteiger partial charge < -0.3 is 10.1 Å². The number of rotatable bonds is 6. The average molecular weight is 328 g/mol. The Morgan fingerprint density at radius 3 is 2.58 bits per heavy atom. The van der Waals surface area contributed by atoms with Gasteiger partial charge in [0.15, 0.2) is 0 Å². The maximum Gasteiger partial charge on any atom is 0.311 e. The highest BCUT2D eigenvalue weighted by molar-refractivity contribution is 5.55. The highest BCUT2D eigenvalue weighted by atomic mass is 16.6. The van der Waals surface area contributed by atoms with Gasteiger partial charge in [0, 0.05) is 38.4 Å². The molecule has 0 atom stereocenters. The number of ether oxygens (including phenoxy) is 1. The molecule has 2 aromatic rings. The number of benzene rings is 1. The number of anilines is 1. The lowest BCUT2D eigenvalue weighted by Crippen LogP contribution is -2.35. The van der Waals surface area contributed by atoms with Crippen LogP contribution in [0.3, 0.4) is 0 Å². The van der Waals surface area contributed by atoms with E-state index in [9.17, 15) is 10.1 Å². The van der Waals surface area contributed by atoms with Crippen LogP contribution in [0.25, 0.3) is 0 Å². The van der Waals surface area contributed by atoms with Gasteiger partial charge in [-0.2, -0.15) is 0 Å². The van der Waals surface area contributed by atoms with Crippen molar-refractivity contribution in [3.8, 4) is 0 Å². The van der Waals surface area contributed by atoms with Crippen molar-refractivity contribution in [2.24, 2.45) is 0 Å². The van der Waals surface area contributed by atoms with Gasteiger partial charge in [0.05, 0.1) is 18.1 Å². The second kappa shape index (κ2) is 7.85. The fourth-order valence-corrected chi connectivity index (χ4v) is 2.65. The Morgan fingerprint density at radius 1 is 1.17 bits per heavy atom. The standard InChI is InChI=1S/C17H20N4O3/c22-21(23)16-2-1-7-18-17(16)19-12-14-3-5-15(6-4-14)13-20-8-10-24-11-9-20/h1-7H,8-13H2,(H,18,19). The molecule has 0 bridgehead atoms. The van der Waals surface area contributed by atoms with Crippen molar-refractivity contribution in [1.29, 1.82) is 0 Å². The molecule has 0 saturated carbocycles. The third-order valence-corrected chi connectivity index (χ3v) is 3.98. The van der Waals surface area contributed by atoms with Crippen molar-refractivity contribution in [1.82, 2.24) is 9.88 Å². The first kappa shape index (κ1) is 16.4. The molecule has 1 aromatic heterocycles. The van der Waals surface area contributed by atoms with Crippen LogP contribution in [-0.4, -0.2) is 41.1 Å². The lowest BCUT2D eigenvalue weighted by atomic mass is 10.1. The summed E-state index contributed by atoms with van der Waals surface area (Å²) in [7, 11) is 0. The van der Waals surface area contributed by atoms with Crippen LogP contribution < -0.4 is 5.32 Å². The topological polar surface area (TPSA) is 80.5 Å². The number of nitrogens with zero attached hydrogens (tertiary/aromatic N) is 3. The molecule has 0 spiro atoms. The number of morpholine rings is 1. The number of nitrogens with one attached hydrogen (secondary N) is 1. The summed E-state index contributed by atoms with van der Waals surface area (Å²) in [5, 5.41) is 14.0. The Morgan fingerprint density at radius 2 is 1.88 bits per heavy atom. The van der Waals surface area contributed by atoms with Crippen molar-refractivity contribution in [3.05, 3.63) is 63.8 Å². The summed E-state index contributed by atoms with van der Waals surface area (Å²) < 4.78 is 5.35. The highest BCUT2D eigenvalue weighted by Crippen LogP contribution is 2.21. The Labute approximate surface area is 140 Å². The monoisotopic (exact) mass is 328 g/mol. The van der Waals surface area contributed by atoms with Gasteiger partial charge in [-0.25, -0.2) is 4.98 Å². The number of hydrogen-bond acceptors (Lipinski definition) is 6. The Balaban J connectivity index is 1.57. The predicted molar refractivity (Wildman–Crippen MR) is 90.8 cm³/mol. The van der Waals surface area contributed by atoms with E-state index in [2.05, 4.69) is 27.3 Å². The van der Waals surface area contributed by atoms with E-state index in [0.717, 1.165) is 38.4 Å². The lowest BCUT2D eigenvalue weighted by molar-refractivity contribution is -0.384. The van der Waals surface area contributed by atoms with Crippen LogP contribution in [0.15, 0.2) is 42.6 Å². The van der Waals surface area contributed by atoms with Crippen molar-refractivity contribution in [3.63, 3.8) is 0 Å². The highest BCUT2D eigenvalue weighted by Gasteiger charge is 2.13. The molecule has 0 amide bonds. The summed E-state index contributed by atoms with van der Waals surface area (Å²) in [5.41, 5.74) is 2.30. The molecular formula is C17H20N4O3. The zero-order chi connectivity index (χ0) is 16.8. The summed E-state index contributed by atoms with van der Waals surface area (Å²) >= 11 is 0. The smallest absolute Gasteiger partial charge is 0.311 e. The van der Waals surface area contributed by atoms with Crippen LogP contribution in [-0.2, 0) is 17.8 Å². The van der Waals surface area contributed by atoms with E-state index in [1.807, 2.05) is 12.1 Å². The molecule has 7 nitrogen and oxygen atoms in total. The fourth-order valence-electron chi connectivity index (χ4n) is 2.65. The molecule has 0 unspecified atom stereocenters. The van der Waals surface area contributed by atoms with Crippen LogP contribution in [0.1, 0.15) is 11.1 Å². The SMILES string of the molecule is O=[N+]([O-])c1cccnc1NCc1ccc(CN2CCOCC2)cc1. The van der Waals surface area contributed by atoms with E-state index in [4.69, 9.17) is 4.74 Å². The number of hydrogen-bond donors (Lipinski definition) is 1. The molecule has 1 aliphatic rings. The molecule has 7 heteroatoms. The summed E-state index contributed by atoms with van der Waals surface area (Å²) in [4.78, 5) is 17.0. The minimum atomic E-state index is -0.430. The van der Waals surface area contributed by atoms with Crippen molar-refractivity contribution in [2.45, 2.75) is 13.1 Å². The maximum absolute atomic E-state index is 11.0. The number of aromatic nitrogens is 1. The minimum absolute atomic E-state index is 0.0126. The third-order valence-electron chi connectivity index (χ3n) is 3.98. The second-order valence-electron chi connectivity index (χ2n) is 5.69.